The molecule has 3 atom stereocenters. The van der Waals surface area contributed by atoms with Crippen molar-refractivity contribution in [2.24, 2.45) is 11.5 Å². The SMILES string of the molecule is NCCCCC(NC(=O)C(Cc1ccccc1)NC(=O)C(N)Cc1cccc(C=O)c1)C(=O)O.O=c1ccc2ccc(O)cc2o1. The first-order valence-electron chi connectivity index (χ1n) is 14.7. The Hall–Kier alpha value is -5.33. The van der Waals surface area contributed by atoms with Crippen LogP contribution in [-0.4, -0.2) is 59.0 Å². The molecule has 0 radical (unpaired) electrons. The maximum absolute atomic E-state index is 13.0. The van der Waals surface area contributed by atoms with E-state index in [1.807, 2.05) is 30.3 Å². The maximum atomic E-state index is 13.0. The molecule has 0 spiro atoms. The number of phenolic OH excluding ortho intramolecular Hbond substituents is 1. The molecule has 0 aliphatic carbocycles. The van der Waals surface area contributed by atoms with E-state index in [-0.39, 0.29) is 25.0 Å². The first-order chi connectivity index (χ1) is 22.1. The Morgan fingerprint density at radius 2 is 1.52 bits per heavy atom. The summed E-state index contributed by atoms with van der Waals surface area (Å²) in [5.41, 5.74) is 13.5. The van der Waals surface area contributed by atoms with Gasteiger partial charge in [0.2, 0.25) is 11.8 Å². The van der Waals surface area contributed by atoms with Crippen molar-refractivity contribution in [3.05, 3.63) is 112 Å². The highest BCUT2D eigenvalue weighted by molar-refractivity contribution is 5.92. The summed E-state index contributed by atoms with van der Waals surface area (Å²) in [5.74, 6) is -2.21. The van der Waals surface area contributed by atoms with E-state index in [1.54, 1.807) is 42.5 Å². The molecule has 12 heteroatoms. The van der Waals surface area contributed by atoms with Crippen LogP contribution in [0, 0.1) is 0 Å². The molecule has 0 fully saturated rings. The van der Waals surface area contributed by atoms with Crippen LogP contribution >= 0.6 is 0 Å². The second-order valence-electron chi connectivity index (χ2n) is 10.6. The number of unbranched alkanes of at least 4 members (excludes halogenated alkanes) is 1. The zero-order valence-electron chi connectivity index (χ0n) is 25.1. The number of phenols is 1. The highest BCUT2D eigenvalue weighted by Gasteiger charge is 2.28. The van der Waals surface area contributed by atoms with Gasteiger partial charge in [0.25, 0.3) is 0 Å². The second-order valence-corrected chi connectivity index (χ2v) is 10.6. The Kier molecular flexibility index (Phi) is 13.6. The predicted octanol–water partition coefficient (Wildman–Crippen LogP) is 2.29. The number of carbonyl (C=O) groups excluding carboxylic acids is 3. The third-order valence-electron chi connectivity index (χ3n) is 6.96. The lowest BCUT2D eigenvalue weighted by Gasteiger charge is -2.23. The van der Waals surface area contributed by atoms with Gasteiger partial charge in [0.05, 0.1) is 6.04 Å². The molecule has 46 heavy (non-hydrogen) atoms. The standard InChI is InChI=1S/C25H32N4O5.C9H6O3/c26-12-5-4-11-21(25(33)34)28-24(32)22(15-17-7-2-1-3-8-17)29-23(31)20(27)14-18-9-6-10-19(13-18)16-30;10-7-3-1-6-2-4-9(11)12-8(6)5-7/h1-3,6-10,13,16,20-22H,4-5,11-12,14-15,26-27H2,(H,28,32)(H,29,31)(H,33,34);1-5,10H. The second kappa shape index (κ2) is 17.8. The van der Waals surface area contributed by atoms with Crippen molar-refractivity contribution in [2.45, 2.75) is 50.2 Å². The Morgan fingerprint density at radius 3 is 2.22 bits per heavy atom. The largest absolute Gasteiger partial charge is 0.508 e. The van der Waals surface area contributed by atoms with Crippen molar-refractivity contribution >= 4 is 35.0 Å². The number of nitrogens with one attached hydrogen (secondary N) is 2. The van der Waals surface area contributed by atoms with E-state index in [1.165, 1.54) is 12.1 Å². The number of rotatable bonds is 14. The Morgan fingerprint density at radius 1 is 0.826 bits per heavy atom. The summed E-state index contributed by atoms with van der Waals surface area (Å²) >= 11 is 0. The first-order valence-corrected chi connectivity index (χ1v) is 14.7. The third-order valence-corrected chi connectivity index (χ3v) is 6.96. The fourth-order valence-corrected chi connectivity index (χ4v) is 4.55. The molecule has 8 N–H and O–H groups in total. The van der Waals surface area contributed by atoms with Crippen LogP contribution in [0.3, 0.4) is 0 Å². The molecular formula is C34H38N4O8. The summed E-state index contributed by atoms with van der Waals surface area (Å²) < 4.78 is 4.83. The average molecular weight is 631 g/mol. The summed E-state index contributed by atoms with van der Waals surface area (Å²) in [7, 11) is 0. The van der Waals surface area contributed by atoms with E-state index in [4.69, 9.17) is 21.0 Å². The van der Waals surface area contributed by atoms with Gasteiger partial charge in [-0.1, -0.05) is 48.5 Å². The normalized spacial score (nSPS) is 12.6. The summed E-state index contributed by atoms with van der Waals surface area (Å²) in [5, 5.41) is 24.5. The molecule has 12 nitrogen and oxygen atoms in total. The average Bonchev–Trinajstić information content (AvgIpc) is 3.04. The highest BCUT2D eigenvalue weighted by atomic mass is 16.4. The first kappa shape index (κ1) is 35.2. The molecule has 0 bridgehead atoms. The molecule has 0 saturated carbocycles. The van der Waals surface area contributed by atoms with Gasteiger partial charge in [-0.05, 0) is 67.6 Å². The minimum absolute atomic E-state index is 0.0943. The number of hydrogen-bond donors (Lipinski definition) is 6. The summed E-state index contributed by atoms with van der Waals surface area (Å²) in [6.07, 6.45) is 2.47. The van der Waals surface area contributed by atoms with Crippen molar-refractivity contribution in [1.29, 1.82) is 0 Å². The van der Waals surface area contributed by atoms with Gasteiger partial charge in [0.1, 0.15) is 29.7 Å². The molecular weight excluding hydrogens is 592 g/mol. The molecule has 4 rings (SSSR count). The van der Waals surface area contributed by atoms with E-state index < -0.39 is 41.5 Å². The van der Waals surface area contributed by atoms with E-state index in [9.17, 15) is 29.1 Å². The van der Waals surface area contributed by atoms with Gasteiger partial charge in [0, 0.05) is 29.5 Å². The monoisotopic (exact) mass is 630 g/mol. The maximum Gasteiger partial charge on any atom is 0.336 e. The van der Waals surface area contributed by atoms with E-state index in [0.29, 0.717) is 42.4 Å². The quantitative estimate of drug-likeness (QED) is 0.0679. The summed E-state index contributed by atoms with van der Waals surface area (Å²) in [4.78, 5) is 59.2. The number of aliphatic carboxylic acids is 1. The lowest BCUT2D eigenvalue weighted by molar-refractivity contribution is -0.142. The van der Waals surface area contributed by atoms with Gasteiger partial charge < -0.3 is 36.7 Å². The van der Waals surface area contributed by atoms with Gasteiger partial charge in [-0.25, -0.2) is 9.59 Å². The highest BCUT2D eigenvalue weighted by Crippen LogP contribution is 2.17. The van der Waals surface area contributed by atoms with Gasteiger partial charge in [-0.15, -0.1) is 0 Å². The molecule has 0 aliphatic rings. The van der Waals surface area contributed by atoms with E-state index in [2.05, 4.69) is 10.6 Å². The number of amides is 2. The summed E-state index contributed by atoms with van der Waals surface area (Å²) in [6.45, 7) is 0.431. The molecule has 4 aromatic rings. The number of benzene rings is 3. The Labute approximate surface area is 265 Å². The van der Waals surface area contributed by atoms with Crippen molar-refractivity contribution in [3.8, 4) is 5.75 Å². The smallest absolute Gasteiger partial charge is 0.336 e. The molecule has 1 heterocycles. The van der Waals surface area contributed by atoms with E-state index in [0.717, 1.165) is 10.9 Å². The van der Waals surface area contributed by atoms with Crippen LogP contribution in [-0.2, 0) is 27.2 Å². The van der Waals surface area contributed by atoms with Crippen LogP contribution in [0.5, 0.6) is 5.75 Å². The third kappa shape index (κ3) is 11.3. The van der Waals surface area contributed by atoms with Gasteiger partial charge in [0.15, 0.2) is 0 Å². The van der Waals surface area contributed by atoms with Gasteiger partial charge >= 0.3 is 11.6 Å². The van der Waals surface area contributed by atoms with Crippen molar-refractivity contribution in [3.63, 3.8) is 0 Å². The topological polar surface area (TPSA) is 215 Å². The lowest BCUT2D eigenvalue weighted by Crippen LogP contribution is -2.55. The number of carbonyl (C=O) groups is 4. The molecule has 3 aromatic carbocycles. The van der Waals surface area contributed by atoms with Crippen LogP contribution in [0.1, 0.15) is 40.7 Å². The van der Waals surface area contributed by atoms with E-state index >= 15 is 0 Å². The summed E-state index contributed by atoms with van der Waals surface area (Å²) in [6, 6.07) is 20.4. The number of aromatic hydroxyl groups is 1. The van der Waals surface area contributed by atoms with Gasteiger partial charge in [-0.2, -0.15) is 0 Å². The van der Waals surface area contributed by atoms with Crippen LogP contribution < -0.4 is 27.7 Å². The van der Waals surface area contributed by atoms with Crippen molar-refractivity contribution in [1.82, 2.24) is 10.6 Å². The minimum Gasteiger partial charge on any atom is -0.508 e. The van der Waals surface area contributed by atoms with Crippen LogP contribution in [0.15, 0.2) is 94.1 Å². The zero-order chi connectivity index (χ0) is 33.5. The Bertz CT molecular complexity index is 1670. The number of fused-ring (bicyclic) bond motifs is 1. The molecule has 3 unspecified atom stereocenters. The fourth-order valence-electron chi connectivity index (χ4n) is 4.55. The van der Waals surface area contributed by atoms with Crippen molar-refractivity contribution < 1.29 is 33.8 Å². The number of aldehydes is 1. The van der Waals surface area contributed by atoms with Crippen LogP contribution in [0.4, 0.5) is 0 Å². The molecule has 242 valence electrons. The van der Waals surface area contributed by atoms with Crippen LogP contribution in [0.2, 0.25) is 0 Å². The molecule has 0 aliphatic heterocycles. The number of hydrogen-bond acceptors (Lipinski definition) is 9. The zero-order valence-corrected chi connectivity index (χ0v) is 25.1. The fraction of sp³-hybridized carbons (Fsp3) is 0.265. The van der Waals surface area contributed by atoms with Gasteiger partial charge in [-0.3, -0.25) is 14.4 Å². The number of carboxylic acid groups (broad SMARTS) is 1. The molecule has 1 aromatic heterocycles. The lowest BCUT2D eigenvalue weighted by atomic mass is 10.0. The minimum atomic E-state index is -1.15. The predicted molar refractivity (Wildman–Crippen MR) is 172 cm³/mol. The molecule has 2 amide bonds. The van der Waals surface area contributed by atoms with Crippen molar-refractivity contribution in [2.75, 3.05) is 6.54 Å². The molecule has 0 saturated heterocycles. The number of nitrogens with two attached hydrogens (primary N) is 2. The Balaban J connectivity index is 0.000000396. The van der Waals surface area contributed by atoms with Crippen LogP contribution in [0.25, 0.3) is 11.0 Å². The number of carboxylic acids is 1.